The Labute approximate surface area is 220 Å². The van der Waals surface area contributed by atoms with E-state index in [1.54, 1.807) is 29.2 Å². The maximum absolute atomic E-state index is 14.3. The van der Waals surface area contributed by atoms with Gasteiger partial charge in [0.05, 0.1) is 17.7 Å². The lowest BCUT2D eigenvalue weighted by Gasteiger charge is -2.34. The van der Waals surface area contributed by atoms with E-state index in [-0.39, 0.29) is 17.7 Å². The average molecular weight is 553 g/mol. The van der Waals surface area contributed by atoms with Crippen LogP contribution in [-0.2, 0) is 16.0 Å². The molecule has 0 saturated carbocycles. The summed E-state index contributed by atoms with van der Waals surface area (Å²) >= 11 is 1.07. The van der Waals surface area contributed by atoms with Gasteiger partial charge in [0.2, 0.25) is 5.91 Å². The highest BCUT2D eigenvalue weighted by Gasteiger charge is 2.38. The van der Waals surface area contributed by atoms with Crippen molar-refractivity contribution in [1.29, 1.82) is 10.5 Å². The SMILES string of the molecule is CCc1c(C#N)c(SC(C(N)=O)c2ccccc2)nc(N2CC[C@@H](N)[C@@H](F)C2)c1C#N.O=C(O)C(F)(F)F. The number of aliphatic carboxylic acids is 1. The first-order chi connectivity index (χ1) is 17.8. The van der Waals surface area contributed by atoms with E-state index in [0.717, 1.165) is 11.8 Å². The Kier molecular flexibility index (Phi) is 10.4. The number of anilines is 1. The molecule has 0 bridgehead atoms. The Morgan fingerprint density at radius 2 is 1.82 bits per heavy atom. The van der Waals surface area contributed by atoms with Gasteiger partial charge in [0.25, 0.3) is 0 Å². The molecule has 1 aromatic carbocycles. The number of halogens is 4. The van der Waals surface area contributed by atoms with Gasteiger partial charge in [-0.3, -0.25) is 4.79 Å². The highest BCUT2D eigenvalue weighted by molar-refractivity contribution is 8.00. The van der Waals surface area contributed by atoms with E-state index in [4.69, 9.17) is 21.4 Å². The molecule has 0 spiro atoms. The minimum atomic E-state index is -5.08. The molecule has 1 aromatic heterocycles. The molecule has 1 fully saturated rings. The molecule has 9 nitrogen and oxygen atoms in total. The van der Waals surface area contributed by atoms with Gasteiger partial charge < -0.3 is 21.5 Å². The maximum Gasteiger partial charge on any atom is 0.490 e. The fourth-order valence-corrected chi connectivity index (χ4v) is 4.70. The molecule has 1 saturated heterocycles. The second-order valence-corrected chi connectivity index (χ2v) is 9.17. The number of carboxylic acid groups (broad SMARTS) is 1. The Bertz CT molecular complexity index is 1250. The van der Waals surface area contributed by atoms with Crippen molar-refractivity contribution in [1.82, 2.24) is 4.98 Å². The van der Waals surface area contributed by atoms with Crippen molar-refractivity contribution >= 4 is 29.5 Å². The van der Waals surface area contributed by atoms with Crippen molar-refractivity contribution < 1.29 is 32.3 Å². The first-order valence-corrected chi connectivity index (χ1v) is 12.1. The van der Waals surface area contributed by atoms with Crippen LogP contribution in [0.4, 0.5) is 23.4 Å². The molecule has 5 N–H and O–H groups in total. The maximum atomic E-state index is 14.3. The van der Waals surface area contributed by atoms with E-state index in [2.05, 4.69) is 17.1 Å². The van der Waals surface area contributed by atoms with Gasteiger partial charge in [-0.15, -0.1) is 0 Å². The van der Waals surface area contributed by atoms with Gasteiger partial charge in [0.1, 0.15) is 34.4 Å². The molecular weight excluding hydrogens is 528 g/mol. The summed E-state index contributed by atoms with van der Waals surface area (Å²) in [4.78, 5) is 27.4. The van der Waals surface area contributed by atoms with Crippen molar-refractivity contribution in [3.05, 3.63) is 52.6 Å². The van der Waals surface area contributed by atoms with Crippen LogP contribution in [0.3, 0.4) is 0 Å². The molecule has 1 aliphatic rings. The molecule has 3 rings (SSSR count). The van der Waals surface area contributed by atoms with E-state index < -0.39 is 35.5 Å². The second kappa shape index (κ2) is 13.1. The normalized spacial score (nSPS) is 17.8. The number of benzene rings is 1. The van der Waals surface area contributed by atoms with Crippen LogP contribution in [0, 0.1) is 22.7 Å². The van der Waals surface area contributed by atoms with Gasteiger partial charge in [0, 0.05) is 12.6 Å². The van der Waals surface area contributed by atoms with Crippen LogP contribution in [0.25, 0.3) is 0 Å². The number of hydrogen-bond donors (Lipinski definition) is 3. The number of thioether (sulfide) groups is 1. The van der Waals surface area contributed by atoms with Crippen LogP contribution in [0.1, 0.15) is 40.8 Å². The molecule has 1 aliphatic heterocycles. The third-order valence-corrected chi connectivity index (χ3v) is 6.81. The fraction of sp³-hybridized carbons (Fsp3) is 0.375. The minimum Gasteiger partial charge on any atom is -0.475 e. The molecule has 1 unspecified atom stereocenters. The Balaban J connectivity index is 0.000000638. The van der Waals surface area contributed by atoms with Crippen LogP contribution in [0.15, 0.2) is 35.4 Å². The predicted molar refractivity (Wildman–Crippen MR) is 131 cm³/mol. The standard InChI is InChI=1S/C22H23FN6OS.C2HF3O2/c1-2-14-15(10-24)21(29-9-8-18(26)17(23)12-29)28-22(16(14)11-25)31-19(20(27)30)13-6-4-3-5-7-13;3-2(4,5)1(6)7/h3-7,17-19H,2,8-9,12,26H2,1H3,(H2,27,30);(H,6,7)/t17-,18+,19?;/m0./s1. The summed E-state index contributed by atoms with van der Waals surface area (Å²) in [5.74, 6) is -3.02. The molecule has 2 heterocycles. The minimum absolute atomic E-state index is 0.0138. The van der Waals surface area contributed by atoms with Crippen LogP contribution >= 0.6 is 11.8 Å². The van der Waals surface area contributed by atoms with Crippen LogP contribution in [0.2, 0.25) is 0 Å². The highest BCUT2D eigenvalue weighted by Crippen LogP contribution is 2.40. The molecule has 14 heteroatoms. The van der Waals surface area contributed by atoms with E-state index in [1.807, 2.05) is 13.0 Å². The topological polar surface area (TPSA) is 170 Å². The first kappa shape index (κ1) is 30.3. The number of hydrogen-bond acceptors (Lipinski definition) is 8. The number of alkyl halides is 4. The number of carbonyl (C=O) groups excluding carboxylic acids is 1. The number of amides is 1. The van der Waals surface area contributed by atoms with Crippen LogP contribution in [0.5, 0.6) is 0 Å². The zero-order valence-electron chi connectivity index (χ0n) is 20.1. The van der Waals surface area contributed by atoms with Crippen molar-refractivity contribution in [3.8, 4) is 12.1 Å². The average Bonchev–Trinajstić information content (AvgIpc) is 2.87. The van der Waals surface area contributed by atoms with Crippen LogP contribution < -0.4 is 16.4 Å². The van der Waals surface area contributed by atoms with Crippen LogP contribution in [-0.4, -0.2) is 53.4 Å². The lowest BCUT2D eigenvalue weighted by Crippen LogP contribution is -2.49. The number of nitriles is 2. The van der Waals surface area contributed by atoms with E-state index in [9.17, 15) is 32.9 Å². The van der Waals surface area contributed by atoms with Gasteiger partial charge in [0.15, 0.2) is 0 Å². The fourth-order valence-electron chi connectivity index (χ4n) is 3.64. The highest BCUT2D eigenvalue weighted by atomic mass is 32.2. The molecule has 2 aromatic rings. The predicted octanol–water partition coefficient (Wildman–Crippen LogP) is 3.21. The molecule has 0 radical (unpaired) electrons. The summed E-state index contributed by atoms with van der Waals surface area (Å²) < 4.78 is 46.1. The number of carboxylic acids is 1. The van der Waals surface area contributed by atoms with E-state index in [0.29, 0.717) is 41.4 Å². The third-order valence-electron chi connectivity index (χ3n) is 5.55. The number of nitrogens with two attached hydrogens (primary N) is 2. The molecule has 0 aliphatic carbocycles. The molecule has 3 atom stereocenters. The Hall–Kier alpha value is -3.88. The lowest BCUT2D eigenvalue weighted by molar-refractivity contribution is -0.192. The third kappa shape index (κ3) is 7.34. The number of primary amides is 1. The summed E-state index contributed by atoms with van der Waals surface area (Å²) in [5.41, 5.74) is 13.1. The van der Waals surface area contributed by atoms with Crippen molar-refractivity contribution in [2.24, 2.45) is 11.5 Å². The number of pyridine rings is 1. The number of piperidine rings is 1. The van der Waals surface area contributed by atoms with Gasteiger partial charge >= 0.3 is 12.1 Å². The molecule has 38 heavy (non-hydrogen) atoms. The molecular formula is C24H24F4N6O3S. The first-order valence-electron chi connectivity index (χ1n) is 11.2. The van der Waals surface area contributed by atoms with Gasteiger partial charge in [-0.25, -0.2) is 14.2 Å². The summed E-state index contributed by atoms with van der Waals surface area (Å²) in [6.07, 6.45) is -5.50. The van der Waals surface area contributed by atoms with E-state index >= 15 is 0 Å². The lowest BCUT2D eigenvalue weighted by atomic mass is 9.99. The van der Waals surface area contributed by atoms with Crippen molar-refractivity contribution in [2.45, 2.75) is 48.4 Å². The zero-order valence-corrected chi connectivity index (χ0v) is 20.9. The summed E-state index contributed by atoms with van der Waals surface area (Å²) in [7, 11) is 0. The number of nitrogens with zero attached hydrogens (tertiary/aromatic N) is 4. The second-order valence-electron chi connectivity index (χ2n) is 8.07. The van der Waals surface area contributed by atoms with Crippen molar-refractivity contribution in [2.75, 3.05) is 18.0 Å². The van der Waals surface area contributed by atoms with Gasteiger partial charge in [-0.2, -0.15) is 23.7 Å². The summed E-state index contributed by atoms with van der Waals surface area (Å²) in [6, 6.07) is 12.7. The monoisotopic (exact) mass is 552 g/mol. The van der Waals surface area contributed by atoms with Crippen molar-refractivity contribution in [3.63, 3.8) is 0 Å². The number of carbonyl (C=O) groups is 2. The molecule has 202 valence electrons. The number of aromatic nitrogens is 1. The van der Waals surface area contributed by atoms with Gasteiger partial charge in [-0.05, 0) is 24.0 Å². The smallest absolute Gasteiger partial charge is 0.475 e. The Morgan fingerprint density at radius 3 is 2.26 bits per heavy atom. The molecule has 1 amide bonds. The Morgan fingerprint density at radius 1 is 1.24 bits per heavy atom. The van der Waals surface area contributed by atoms with E-state index in [1.165, 1.54) is 0 Å². The largest absolute Gasteiger partial charge is 0.490 e. The summed E-state index contributed by atoms with van der Waals surface area (Å²) in [5, 5.41) is 26.3. The zero-order chi connectivity index (χ0) is 28.6. The quantitative estimate of drug-likeness (QED) is 0.360. The number of rotatable bonds is 6. The summed E-state index contributed by atoms with van der Waals surface area (Å²) in [6.45, 7) is 2.29. The van der Waals surface area contributed by atoms with Gasteiger partial charge in [-0.1, -0.05) is 49.0 Å².